The van der Waals surface area contributed by atoms with Gasteiger partial charge in [-0.15, -0.1) is 0 Å². The van der Waals surface area contributed by atoms with Gasteiger partial charge in [0.05, 0.1) is 48.2 Å². The first-order valence-corrected chi connectivity index (χ1v) is 14.5. The Morgan fingerprint density at radius 1 is 0.977 bits per heavy atom. The second kappa shape index (κ2) is 11.8. The number of imidazole rings is 1. The number of fused-ring (bicyclic) bond motifs is 1. The largest absolute Gasteiger partial charge is 0.478 e. The van der Waals surface area contributed by atoms with Crippen LogP contribution in [0.3, 0.4) is 0 Å². The molecule has 2 aromatic heterocycles. The topological polar surface area (TPSA) is 95.7 Å². The molecule has 2 fully saturated rings. The molecule has 0 saturated carbocycles. The van der Waals surface area contributed by atoms with Crippen molar-refractivity contribution >= 4 is 17.0 Å². The zero-order valence-corrected chi connectivity index (χ0v) is 23.7. The van der Waals surface area contributed by atoms with Crippen LogP contribution >= 0.6 is 0 Å². The van der Waals surface area contributed by atoms with E-state index in [0.717, 1.165) is 12.0 Å². The Balaban J connectivity index is 1.09. The van der Waals surface area contributed by atoms with Crippen molar-refractivity contribution in [3.05, 3.63) is 113 Å². The van der Waals surface area contributed by atoms with E-state index in [9.17, 15) is 14.3 Å². The van der Waals surface area contributed by atoms with E-state index in [1.807, 2.05) is 10.6 Å². The SMILES string of the molecule is O=C(O)c1ccc2nc(Cc3ccc(-c4cccc(OCc5ccc(C6COC6)cc5F)n4)cc3F)n(C[C@@H]3CCO3)c2c1. The first-order valence-electron chi connectivity index (χ1n) is 14.5. The summed E-state index contributed by atoms with van der Waals surface area (Å²) >= 11 is 0. The van der Waals surface area contributed by atoms with Gasteiger partial charge in [0, 0.05) is 36.1 Å². The molecule has 0 unspecified atom stereocenters. The van der Waals surface area contributed by atoms with Gasteiger partial charge in [-0.05, 0) is 53.9 Å². The molecule has 8 nitrogen and oxygen atoms in total. The number of aromatic carboxylic acids is 1. The number of rotatable bonds is 10. The number of hydrogen-bond acceptors (Lipinski definition) is 6. The average Bonchev–Trinajstić information content (AvgIpc) is 3.30. The van der Waals surface area contributed by atoms with Crippen LogP contribution in [0.25, 0.3) is 22.3 Å². The summed E-state index contributed by atoms with van der Waals surface area (Å²) in [5, 5.41) is 9.48. The van der Waals surface area contributed by atoms with E-state index in [1.54, 1.807) is 48.5 Å². The molecular formula is C34H29F2N3O5. The van der Waals surface area contributed by atoms with Gasteiger partial charge in [0.2, 0.25) is 5.88 Å². The van der Waals surface area contributed by atoms with Crippen LogP contribution in [-0.2, 0) is 29.0 Å². The molecule has 0 aliphatic carbocycles. The van der Waals surface area contributed by atoms with E-state index in [4.69, 9.17) is 19.2 Å². The highest BCUT2D eigenvalue weighted by Gasteiger charge is 2.24. The van der Waals surface area contributed by atoms with Gasteiger partial charge < -0.3 is 23.9 Å². The van der Waals surface area contributed by atoms with E-state index < -0.39 is 11.8 Å². The molecule has 0 spiro atoms. The molecular weight excluding hydrogens is 568 g/mol. The van der Waals surface area contributed by atoms with Crippen molar-refractivity contribution in [3.8, 4) is 17.1 Å². The van der Waals surface area contributed by atoms with Crippen LogP contribution in [0.4, 0.5) is 8.78 Å². The Labute approximate surface area is 251 Å². The third kappa shape index (κ3) is 5.66. The molecule has 2 aliphatic heterocycles. The molecule has 2 aliphatic rings. The molecule has 1 N–H and O–H groups in total. The van der Waals surface area contributed by atoms with E-state index >= 15 is 4.39 Å². The van der Waals surface area contributed by atoms with Crippen LogP contribution in [-0.4, -0.2) is 51.5 Å². The lowest BCUT2D eigenvalue weighted by Gasteiger charge is -2.27. The Morgan fingerprint density at radius 3 is 2.50 bits per heavy atom. The number of carboxylic acid groups (broad SMARTS) is 1. The molecule has 3 aromatic carbocycles. The zero-order valence-electron chi connectivity index (χ0n) is 23.7. The quantitative estimate of drug-likeness (QED) is 0.206. The standard InChI is InChI=1S/C34H29F2N3O5/c35-27-13-22(29-2-1-3-33(38-29)44-19-24-7-4-20(12-28(24)36)25-17-42-18-25)6-5-21(27)15-32-37-30-9-8-23(34(40)41)14-31(30)39(32)16-26-10-11-43-26/h1-9,12-14,25-26H,10-11,15-19H2,(H,40,41)/t26-/m0/s1. The average molecular weight is 598 g/mol. The van der Waals surface area contributed by atoms with Crippen LogP contribution in [0.5, 0.6) is 5.88 Å². The monoisotopic (exact) mass is 597 g/mol. The second-order valence-corrected chi connectivity index (χ2v) is 11.1. The van der Waals surface area contributed by atoms with Crippen LogP contribution in [0.1, 0.15) is 45.2 Å². The summed E-state index contributed by atoms with van der Waals surface area (Å²) in [5.41, 5.74) is 4.35. The van der Waals surface area contributed by atoms with Crippen LogP contribution < -0.4 is 4.74 Å². The number of aromatic nitrogens is 3. The minimum absolute atomic E-state index is 0.00529. The maximum absolute atomic E-state index is 15.5. The highest BCUT2D eigenvalue weighted by molar-refractivity contribution is 5.92. The van der Waals surface area contributed by atoms with E-state index in [-0.39, 0.29) is 36.4 Å². The molecule has 0 bridgehead atoms. The van der Waals surface area contributed by atoms with Crippen molar-refractivity contribution in [2.24, 2.45) is 0 Å². The third-order valence-corrected chi connectivity index (χ3v) is 8.24. The van der Waals surface area contributed by atoms with Crippen molar-refractivity contribution in [3.63, 3.8) is 0 Å². The minimum Gasteiger partial charge on any atom is -0.478 e. The van der Waals surface area contributed by atoms with Crippen molar-refractivity contribution in [1.29, 1.82) is 0 Å². The summed E-state index contributed by atoms with van der Waals surface area (Å²) in [7, 11) is 0. The Morgan fingerprint density at radius 2 is 1.80 bits per heavy atom. The molecule has 0 amide bonds. The number of benzene rings is 3. The Kier molecular flexibility index (Phi) is 7.53. The lowest BCUT2D eigenvalue weighted by atomic mass is 9.96. The molecule has 5 aromatic rings. The Hall–Kier alpha value is -4.67. The predicted molar refractivity (Wildman–Crippen MR) is 158 cm³/mol. The molecule has 224 valence electrons. The molecule has 10 heteroatoms. The first kappa shape index (κ1) is 28.1. The van der Waals surface area contributed by atoms with Crippen molar-refractivity contribution in [2.75, 3.05) is 19.8 Å². The molecule has 4 heterocycles. The number of carboxylic acids is 1. The highest BCUT2D eigenvalue weighted by Crippen LogP contribution is 2.28. The second-order valence-electron chi connectivity index (χ2n) is 11.1. The lowest BCUT2D eigenvalue weighted by Crippen LogP contribution is -2.31. The van der Waals surface area contributed by atoms with Crippen LogP contribution in [0.2, 0.25) is 0 Å². The predicted octanol–water partition coefficient (Wildman–Crippen LogP) is 6.15. The fourth-order valence-electron chi connectivity index (χ4n) is 5.47. The lowest BCUT2D eigenvalue weighted by molar-refractivity contribution is -0.0589. The molecule has 44 heavy (non-hydrogen) atoms. The molecule has 1 atom stereocenters. The normalized spacial score (nSPS) is 16.5. The highest BCUT2D eigenvalue weighted by atomic mass is 19.1. The van der Waals surface area contributed by atoms with Crippen molar-refractivity contribution in [1.82, 2.24) is 14.5 Å². The van der Waals surface area contributed by atoms with Crippen molar-refractivity contribution < 1.29 is 32.9 Å². The fraction of sp³-hybridized carbons (Fsp3) is 0.265. The fourth-order valence-corrected chi connectivity index (χ4v) is 5.47. The Bertz CT molecular complexity index is 1870. The van der Waals surface area contributed by atoms with Crippen LogP contribution in [0, 0.1) is 11.6 Å². The number of ether oxygens (including phenoxy) is 3. The van der Waals surface area contributed by atoms with Gasteiger partial charge in [-0.2, -0.15) is 0 Å². The maximum Gasteiger partial charge on any atom is 0.335 e. The van der Waals surface area contributed by atoms with Gasteiger partial charge in [0.15, 0.2) is 0 Å². The molecule has 2 saturated heterocycles. The summed E-state index contributed by atoms with van der Waals surface area (Å²) in [4.78, 5) is 20.8. The number of nitrogens with zero attached hydrogens (tertiary/aromatic N) is 3. The van der Waals surface area contributed by atoms with Gasteiger partial charge in [-0.25, -0.2) is 23.5 Å². The van der Waals surface area contributed by atoms with Crippen molar-refractivity contribution in [2.45, 2.75) is 38.0 Å². The number of carbonyl (C=O) groups is 1. The summed E-state index contributed by atoms with van der Waals surface area (Å²) in [6.45, 7) is 2.43. The van der Waals surface area contributed by atoms with E-state index in [1.165, 1.54) is 18.2 Å². The van der Waals surface area contributed by atoms with E-state index in [0.29, 0.717) is 71.5 Å². The molecule has 7 rings (SSSR count). The smallest absolute Gasteiger partial charge is 0.335 e. The summed E-state index contributed by atoms with van der Waals surface area (Å²) in [6, 6.07) is 20.1. The van der Waals surface area contributed by atoms with Gasteiger partial charge in [0.1, 0.15) is 24.1 Å². The number of pyridine rings is 1. The molecule has 0 radical (unpaired) electrons. The van der Waals surface area contributed by atoms with E-state index in [2.05, 4.69) is 4.98 Å². The minimum atomic E-state index is -1.02. The number of halogens is 2. The summed E-state index contributed by atoms with van der Waals surface area (Å²) in [6.07, 6.45) is 1.12. The summed E-state index contributed by atoms with van der Waals surface area (Å²) in [5.74, 6) is -0.611. The van der Waals surface area contributed by atoms with Gasteiger partial charge >= 0.3 is 5.97 Å². The third-order valence-electron chi connectivity index (χ3n) is 8.24. The van der Waals surface area contributed by atoms with Gasteiger partial charge in [0.25, 0.3) is 0 Å². The first-order chi connectivity index (χ1) is 21.4. The summed E-state index contributed by atoms with van der Waals surface area (Å²) < 4.78 is 48.7. The van der Waals surface area contributed by atoms with Crippen LogP contribution in [0.15, 0.2) is 72.8 Å². The maximum atomic E-state index is 15.5. The van der Waals surface area contributed by atoms with Gasteiger partial charge in [-0.3, -0.25) is 0 Å². The van der Waals surface area contributed by atoms with Gasteiger partial charge in [-0.1, -0.05) is 30.3 Å². The zero-order chi connectivity index (χ0) is 30.2. The number of hydrogen-bond donors (Lipinski definition) is 1.